The summed E-state index contributed by atoms with van der Waals surface area (Å²) in [4.78, 5) is 22.6. The molecule has 0 spiro atoms. The van der Waals surface area contributed by atoms with Crippen molar-refractivity contribution in [2.75, 3.05) is 24.4 Å². The zero-order valence-electron chi connectivity index (χ0n) is 12.9. The van der Waals surface area contributed by atoms with E-state index in [1.54, 1.807) is 32.2 Å². The SMILES string of the molecule is CCOC(=O)CC(C)Nc1cc(NC(C)=O)ccc1OC. The zero-order chi connectivity index (χ0) is 15.8. The summed E-state index contributed by atoms with van der Waals surface area (Å²) in [6, 6.07) is 5.15. The molecule has 0 saturated heterocycles. The Bertz CT molecular complexity index is 502. The summed E-state index contributed by atoms with van der Waals surface area (Å²) in [5.41, 5.74) is 1.37. The fourth-order valence-electron chi connectivity index (χ4n) is 1.89. The van der Waals surface area contributed by atoms with Gasteiger partial charge >= 0.3 is 5.97 Å². The van der Waals surface area contributed by atoms with E-state index in [-0.39, 0.29) is 24.3 Å². The number of anilines is 2. The van der Waals surface area contributed by atoms with Crippen LogP contribution in [-0.2, 0) is 14.3 Å². The third-order valence-electron chi connectivity index (χ3n) is 2.70. The molecule has 1 amide bonds. The highest BCUT2D eigenvalue weighted by molar-refractivity contribution is 5.89. The lowest BCUT2D eigenvalue weighted by Crippen LogP contribution is -2.21. The van der Waals surface area contributed by atoms with E-state index < -0.39 is 0 Å². The van der Waals surface area contributed by atoms with Gasteiger partial charge in [-0.2, -0.15) is 0 Å². The number of methoxy groups -OCH3 is 1. The number of benzene rings is 1. The third-order valence-corrected chi connectivity index (χ3v) is 2.70. The maximum absolute atomic E-state index is 11.5. The van der Waals surface area contributed by atoms with Crippen molar-refractivity contribution < 1.29 is 19.1 Å². The molecular formula is C15H22N2O4. The van der Waals surface area contributed by atoms with Crippen molar-refractivity contribution in [1.82, 2.24) is 0 Å². The third kappa shape index (κ3) is 5.72. The van der Waals surface area contributed by atoms with E-state index in [0.29, 0.717) is 23.7 Å². The summed E-state index contributed by atoms with van der Waals surface area (Å²) in [7, 11) is 1.56. The van der Waals surface area contributed by atoms with Gasteiger partial charge < -0.3 is 20.1 Å². The predicted octanol–water partition coefficient (Wildman–Crippen LogP) is 2.41. The van der Waals surface area contributed by atoms with Crippen molar-refractivity contribution in [1.29, 1.82) is 0 Å². The summed E-state index contributed by atoms with van der Waals surface area (Å²) in [6.45, 7) is 5.46. The van der Waals surface area contributed by atoms with Gasteiger partial charge in [-0.3, -0.25) is 9.59 Å². The van der Waals surface area contributed by atoms with Gasteiger partial charge in [-0.05, 0) is 32.0 Å². The van der Waals surface area contributed by atoms with Crippen molar-refractivity contribution in [2.45, 2.75) is 33.2 Å². The van der Waals surface area contributed by atoms with Crippen LogP contribution in [0.5, 0.6) is 5.75 Å². The van der Waals surface area contributed by atoms with Crippen LogP contribution < -0.4 is 15.4 Å². The van der Waals surface area contributed by atoms with Crippen LogP contribution in [0, 0.1) is 0 Å². The molecule has 1 unspecified atom stereocenters. The Kier molecular flexibility index (Phi) is 6.52. The van der Waals surface area contributed by atoms with Gasteiger partial charge in [0.15, 0.2) is 0 Å². The molecule has 0 saturated carbocycles. The first-order valence-electron chi connectivity index (χ1n) is 6.84. The summed E-state index contributed by atoms with van der Waals surface area (Å²) in [5.74, 6) is 0.236. The molecule has 2 N–H and O–H groups in total. The van der Waals surface area contributed by atoms with Crippen LogP contribution in [0.4, 0.5) is 11.4 Å². The summed E-state index contributed by atoms with van der Waals surface area (Å²) in [5, 5.41) is 5.89. The molecule has 0 bridgehead atoms. The number of nitrogens with one attached hydrogen (secondary N) is 2. The Balaban J connectivity index is 2.79. The summed E-state index contributed by atoms with van der Waals surface area (Å²) in [6.07, 6.45) is 0.251. The maximum Gasteiger partial charge on any atom is 0.307 e. The van der Waals surface area contributed by atoms with Gasteiger partial charge in [0, 0.05) is 18.7 Å². The minimum atomic E-state index is -0.255. The number of carbonyl (C=O) groups excluding carboxylic acids is 2. The monoisotopic (exact) mass is 294 g/mol. The molecule has 1 atom stereocenters. The highest BCUT2D eigenvalue weighted by Crippen LogP contribution is 2.28. The van der Waals surface area contributed by atoms with Crippen LogP contribution in [0.2, 0.25) is 0 Å². The topological polar surface area (TPSA) is 76.7 Å². The van der Waals surface area contributed by atoms with Gasteiger partial charge in [0.25, 0.3) is 0 Å². The van der Waals surface area contributed by atoms with Gasteiger partial charge in [-0.25, -0.2) is 0 Å². The first kappa shape index (κ1) is 16.8. The number of hydrogen-bond donors (Lipinski definition) is 2. The van der Waals surface area contributed by atoms with Gasteiger partial charge in [0.2, 0.25) is 5.91 Å². The minimum absolute atomic E-state index is 0.120. The first-order chi connectivity index (χ1) is 9.96. The normalized spacial score (nSPS) is 11.4. The maximum atomic E-state index is 11.5. The second-order valence-electron chi connectivity index (χ2n) is 4.65. The number of ether oxygens (including phenoxy) is 2. The molecule has 0 aliphatic heterocycles. The zero-order valence-corrected chi connectivity index (χ0v) is 12.9. The average molecular weight is 294 g/mol. The Labute approximate surface area is 124 Å². The van der Waals surface area contributed by atoms with E-state index in [4.69, 9.17) is 9.47 Å². The smallest absolute Gasteiger partial charge is 0.307 e. The van der Waals surface area contributed by atoms with Crippen LogP contribution in [-0.4, -0.2) is 31.6 Å². The lowest BCUT2D eigenvalue weighted by Gasteiger charge is -2.18. The largest absolute Gasteiger partial charge is 0.495 e. The van der Waals surface area contributed by atoms with Crippen LogP contribution in [0.15, 0.2) is 18.2 Å². The van der Waals surface area contributed by atoms with Crippen molar-refractivity contribution in [3.63, 3.8) is 0 Å². The molecule has 116 valence electrons. The molecule has 0 heterocycles. The Hall–Kier alpha value is -2.24. The second kappa shape index (κ2) is 8.14. The van der Waals surface area contributed by atoms with Crippen molar-refractivity contribution in [3.8, 4) is 5.75 Å². The van der Waals surface area contributed by atoms with E-state index in [1.165, 1.54) is 6.92 Å². The van der Waals surface area contributed by atoms with Crippen LogP contribution in [0.3, 0.4) is 0 Å². The molecule has 21 heavy (non-hydrogen) atoms. The van der Waals surface area contributed by atoms with E-state index in [0.717, 1.165) is 0 Å². The molecule has 0 aromatic heterocycles. The molecule has 6 nitrogen and oxygen atoms in total. The number of carbonyl (C=O) groups is 2. The molecule has 1 aromatic rings. The number of amides is 1. The van der Waals surface area contributed by atoms with Gasteiger partial charge in [-0.1, -0.05) is 0 Å². The van der Waals surface area contributed by atoms with Crippen molar-refractivity contribution in [3.05, 3.63) is 18.2 Å². The van der Waals surface area contributed by atoms with Gasteiger partial charge in [0.05, 0.1) is 25.8 Å². The molecule has 6 heteroatoms. The van der Waals surface area contributed by atoms with Crippen LogP contribution >= 0.6 is 0 Å². The molecule has 0 aliphatic rings. The Morgan fingerprint density at radius 2 is 2.05 bits per heavy atom. The van der Waals surface area contributed by atoms with E-state index in [9.17, 15) is 9.59 Å². The van der Waals surface area contributed by atoms with Crippen LogP contribution in [0.1, 0.15) is 27.2 Å². The van der Waals surface area contributed by atoms with Crippen molar-refractivity contribution in [2.24, 2.45) is 0 Å². The van der Waals surface area contributed by atoms with Crippen molar-refractivity contribution >= 4 is 23.3 Å². The number of rotatable bonds is 7. The fourth-order valence-corrected chi connectivity index (χ4v) is 1.89. The standard InChI is InChI=1S/C15H22N2O4/c1-5-21-15(19)8-10(2)16-13-9-12(17-11(3)18)6-7-14(13)20-4/h6-7,9-10,16H,5,8H2,1-4H3,(H,17,18). The van der Waals surface area contributed by atoms with Gasteiger partial charge in [-0.15, -0.1) is 0 Å². The van der Waals surface area contributed by atoms with E-state index in [1.807, 2.05) is 6.92 Å². The first-order valence-corrected chi connectivity index (χ1v) is 6.84. The number of hydrogen-bond acceptors (Lipinski definition) is 5. The molecule has 1 rings (SSSR count). The lowest BCUT2D eigenvalue weighted by atomic mass is 10.2. The van der Waals surface area contributed by atoms with E-state index >= 15 is 0 Å². The molecular weight excluding hydrogens is 272 g/mol. The highest BCUT2D eigenvalue weighted by Gasteiger charge is 2.12. The van der Waals surface area contributed by atoms with Gasteiger partial charge in [0.1, 0.15) is 5.75 Å². The molecule has 1 aromatic carbocycles. The quantitative estimate of drug-likeness (QED) is 0.755. The molecule has 0 radical (unpaired) electrons. The Morgan fingerprint density at radius 1 is 1.33 bits per heavy atom. The summed E-state index contributed by atoms with van der Waals surface area (Å²) >= 11 is 0. The lowest BCUT2D eigenvalue weighted by molar-refractivity contribution is -0.143. The van der Waals surface area contributed by atoms with Crippen LogP contribution in [0.25, 0.3) is 0 Å². The van der Waals surface area contributed by atoms with E-state index in [2.05, 4.69) is 10.6 Å². The minimum Gasteiger partial charge on any atom is -0.495 e. The number of esters is 1. The Morgan fingerprint density at radius 3 is 2.62 bits per heavy atom. The molecule has 0 fully saturated rings. The highest BCUT2D eigenvalue weighted by atomic mass is 16.5. The predicted molar refractivity (Wildman–Crippen MR) is 81.6 cm³/mol. The average Bonchev–Trinajstić information content (AvgIpc) is 2.38. The fraction of sp³-hybridized carbons (Fsp3) is 0.467. The molecule has 0 aliphatic carbocycles. The second-order valence-corrected chi connectivity index (χ2v) is 4.65. The summed E-state index contributed by atoms with van der Waals surface area (Å²) < 4.78 is 10.2.